The number of halogens is 1. The Balaban J connectivity index is 1.59. The maximum atomic E-state index is 12.7. The molecule has 5 rings (SSSR count). The van der Waals surface area contributed by atoms with Crippen LogP contribution in [0.5, 0.6) is 0 Å². The van der Waals surface area contributed by atoms with Crippen molar-refractivity contribution >= 4 is 23.5 Å². The topological polar surface area (TPSA) is 55.4 Å². The minimum atomic E-state index is -0.561. The van der Waals surface area contributed by atoms with E-state index in [2.05, 4.69) is 5.32 Å². The summed E-state index contributed by atoms with van der Waals surface area (Å²) >= 11 is 5.90. The molecule has 1 atom stereocenters. The average molecular weight is 362 g/mol. The molecule has 0 heterocycles. The summed E-state index contributed by atoms with van der Waals surface area (Å²) in [6.45, 7) is 0. The van der Waals surface area contributed by atoms with Crippen LogP contribution in [0.1, 0.15) is 48.9 Å². The Morgan fingerprint density at radius 2 is 1.60 bits per heavy atom. The molecular formula is C20H24ClNO3. The van der Waals surface area contributed by atoms with Gasteiger partial charge < -0.3 is 10.1 Å². The van der Waals surface area contributed by atoms with Crippen molar-refractivity contribution in [3.8, 4) is 0 Å². The Bertz CT molecular complexity index is 649. The maximum absolute atomic E-state index is 12.7. The van der Waals surface area contributed by atoms with Gasteiger partial charge in [0, 0.05) is 16.0 Å². The van der Waals surface area contributed by atoms with E-state index in [-0.39, 0.29) is 17.3 Å². The highest BCUT2D eigenvalue weighted by atomic mass is 35.5. The number of ether oxygens (including phenoxy) is 1. The van der Waals surface area contributed by atoms with Crippen molar-refractivity contribution in [3.63, 3.8) is 0 Å². The van der Waals surface area contributed by atoms with Crippen molar-refractivity contribution in [2.75, 3.05) is 7.11 Å². The Kier molecular flexibility index (Phi) is 4.27. The number of hydrogen-bond acceptors (Lipinski definition) is 3. The summed E-state index contributed by atoms with van der Waals surface area (Å²) in [5.41, 5.74) is 0.382. The average Bonchev–Trinajstić information content (AvgIpc) is 2.58. The molecule has 25 heavy (non-hydrogen) atoms. The second-order valence-electron chi connectivity index (χ2n) is 8.22. The third kappa shape index (κ3) is 3.05. The molecule has 1 aromatic carbocycles. The van der Waals surface area contributed by atoms with E-state index in [1.165, 1.54) is 26.4 Å². The fraction of sp³-hybridized carbons (Fsp3) is 0.600. The summed E-state index contributed by atoms with van der Waals surface area (Å²) in [5, 5.41) is 3.59. The molecule has 4 nitrogen and oxygen atoms in total. The van der Waals surface area contributed by atoms with E-state index in [4.69, 9.17) is 16.3 Å². The van der Waals surface area contributed by atoms with Crippen molar-refractivity contribution < 1.29 is 14.3 Å². The zero-order valence-electron chi connectivity index (χ0n) is 14.5. The van der Waals surface area contributed by atoms with Crippen LogP contribution in [-0.2, 0) is 9.53 Å². The third-order valence-corrected chi connectivity index (χ3v) is 6.77. The molecule has 0 spiro atoms. The van der Waals surface area contributed by atoms with Gasteiger partial charge in [-0.15, -0.1) is 0 Å². The van der Waals surface area contributed by atoms with Gasteiger partial charge in [-0.3, -0.25) is 4.79 Å². The van der Waals surface area contributed by atoms with Crippen molar-refractivity contribution in [2.24, 2.45) is 23.2 Å². The Morgan fingerprint density at radius 3 is 2.08 bits per heavy atom. The van der Waals surface area contributed by atoms with E-state index in [1.807, 2.05) is 0 Å². The summed E-state index contributed by atoms with van der Waals surface area (Å²) in [4.78, 5) is 25.3. The molecule has 0 radical (unpaired) electrons. The first-order chi connectivity index (χ1) is 12.0. The smallest absolute Gasteiger partial charge is 0.328 e. The van der Waals surface area contributed by atoms with Gasteiger partial charge in [0.05, 0.1) is 7.11 Å². The quantitative estimate of drug-likeness (QED) is 0.829. The third-order valence-electron chi connectivity index (χ3n) is 6.52. The number of methoxy groups -OCH3 is 1. The van der Waals surface area contributed by atoms with Gasteiger partial charge in [0.15, 0.2) is 0 Å². The van der Waals surface area contributed by atoms with Crippen molar-refractivity contribution in [3.05, 3.63) is 34.9 Å². The monoisotopic (exact) mass is 361 g/mol. The van der Waals surface area contributed by atoms with Gasteiger partial charge in [0.2, 0.25) is 0 Å². The molecule has 4 fully saturated rings. The standard InChI is InChI=1S/C20H24ClNO3/c1-25-19(24)17(22-18(23)15-2-4-16(21)5-3-15)20-9-12-6-13(10-20)8-14(7-12)11-20/h2-5,12-14,17H,6-11H2,1H3,(H,22,23)/t12?,13?,14?,17-,20?/m1/s1. The number of carbonyl (C=O) groups excluding carboxylic acids is 2. The molecule has 5 heteroatoms. The minimum absolute atomic E-state index is 0.135. The number of amides is 1. The number of carbonyl (C=O) groups is 2. The SMILES string of the molecule is COC(=O)[C@@H](NC(=O)c1ccc(Cl)cc1)C12CC3CC(CC(C3)C1)C2. The highest BCUT2D eigenvalue weighted by Crippen LogP contribution is 2.61. The predicted octanol–water partition coefficient (Wildman–Crippen LogP) is 3.83. The molecule has 4 aliphatic rings. The van der Waals surface area contributed by atoms with Gasteiger partial charge in [0.1, 0.15) is 6.04 Å². The summed E-state index contributed by atoms with van der Waals surface area (Å²) < 4.78 is 5.08. The molecule has 0 aromatic heterocycles. The molecule has 4 bridgehead atoms. The van der Waals surface area contributed by atoms with Crippen molar-refractivity contribution in [1.29, 1.82) is 0 Å². The minimum Gasteiger partial charge on any atom is -0.467 e. The van der Waals surface area contributed by atoms with E-state index in [0.29, 0.717) is 28.3 Å². The van der Waals surface area contributed by atoms with E-state index in [9.17, 15) is 9.59 Å². The number of benzene rings is 1. The molecule has 134 valence electrons. The van der Waals surface area contributed by atoms with Crippen molar-refractivity contribution in [2.45, 2.75) is 44.6 Å². The largest absolute Gasteiger partial charge is 0.467 e. The molecule has 0 unspecified atom stereocenters. The fourth-order valence-corrected chi connectivity index (χ4v) is 6.05. The highest BCUT2D eigenvalue weighted by molar-refractivity contribution is 6.30. The van der Waals surface area contributed by atoms with E-state index in [0.717, 1.165) is 19.3 Å². The molecule has 4 saturated carbocycles. The second-order valence-corrected chi connectivity index (χ2v) is 8.65. The lowest BCUT2D eigenvalue weighted by Crippen LogP contribution is -2.60. The van der Waals surface area contributed by atoms with Crippen LogP contribution < -0.4 is 5.32 Å². The first kappa shape index (κ1) is 16.9. The highest BCUT2D eigenvalue weighted by Gasteiger charge is 2.56. The van der Waals surface area contributed by atoms with Gasteiger partial charge in [-0.05, 0) is 80.5 Å². The first-order valence-electron chi connectivity index (χ1n) is 9.13. The van der Waals surface area contributed by atoms with E-state index in [1.54, 1.807) is 24.3 Å². The van der Waals surface area contributed by atoms with Gasteiger partial charge in [-0.2, -0.15) is 0 Å². The van der Waals surface area contributed by atoms with Crippen LogP contribution in [-0.4, -0.2) is 25.0 Å². The van der Waals surface area contributed by atoms with Crippen LogP contribution in [0.25, 0.3) is 0 Å². The van der Waals surface area contributed by atoms with Crippen LogP contribution >= 0.6 is 11.6 Å². The summed E-state index contributed by atoms with van der Waals surface area (Å²) in [6, 6.07) is 6.19. The molecule has 1 amide bonds. The summed E-state index contributed by atoms with van der Waals surface area (Å²) in [7, 11) is 1.41. The summed E-state index contributed by atoms with van der Waals surface area (Å²) in [5.74, 6) is 1.55. The van der Waals surface area contributed by atoms with Crippen LogP contribution in [0, 0.1) is 23.2 Å². The lowest BCUT2D eigenvalue weighted by molar-refractivity contribution is -0.154. The van der Waals surface area contributed by atoms with Crippen molar-refractivity contribution in [1.82, 2.24) is 5.32 Å². The molecule has 1 aromatic rings. The van der Waals surface area contributed by atoms with Gasteiger partial charge >= 0.3 is 5.97 Å². The predicted molar refractivity (Wildman–Crippen MR) is 95.3 cm³/mol. The Labute approximate surface area is 153 Å². The van der Waals surface area contributed by atoms with Crippen LogP contribution in [0.3, 0.4) is 0 Å². The first-order valence-corrected chi connectivity index (χ1v) is 9.51. The molecule has 1 N–H and O–H groups in total. The fourth-order valence-electron chi connectivity index (χ4n) is 5.93. The maximum Gasteiger partial charge on any atom is 0.328 e. The zero-order chi connectivity index (χ0) is 17.6. The second kappa shape index (κ2) is 6.31. The van der Waals surface area contributed by atoms with Gasteiger partial charge in [0.25, 0.3) is 5.91 Å². The lowest BCUT2D eigenvalue weighted by atomic mass is 9.47. The number of hydrogen-bond donors (Lipinski definition) is 1. The van der Waals surface area contributed by atoms with E-state index < -0.39 is 6.04 Å². The van der Waals surface area contributed by atoms with Crippen LogP contribution in [0.15, 0.2) is 24.3 Å². The summed E-state index contributed by atoms with van der Waals surface area (Å²) in [6.07, 6.45) is 6.95. The molecular weight excluding hydrogens is 338 g/mol. The normalized spacial score (nSPS) is 33.8. The molecule has 4 aliphatic carbocycles. The van der Waals surface area contributed by atoms with Gasteiger partial charge in [-0.1, -0.05) is 11.6 Å². The Hall–Kier alpha value is -1.55. The van der Waals surface area contributed by atoms with Crippen LogP contribution in [0.4, 0.5) is 0 Å². The lowest BCUT2D eigenvalue weighted by Gasteiger charge is -2.58. The molecule has 0 saturated heterocycles. The Morgan fingerprint density at radius 1 is 1.08 bits per heavy atom. The van der Waals surface area contributed by atoms with Gasteiger partial charge in [-0.25, -0.2) is 4.79 Å². The number of nitrogens with one attached hydrogen (secondary N) is 1. The van der Waals surface area contributed by atoms with Crippen LogP contribution in [0.2, 0.25) is 5.02 Å². The number of rotatable bonds is 4. The molecule has 0 aliphatic heterocycles. The van der Waals surface area contributed by atoms with E-state index >= 15 is 0 Å². The number of esters is 1. The zero-order valence-corrected chi connectivity index (χ0v) is 15.2.